The molecule has 78 valence electrons. The third-order valence-electron chi connectivity index (χ3n) is 3.38. The Kier molecular flexibility index (Phi) is 4.74. The average molecular weight is 185 g/mol. The molecule has 1 aliphatic carbocycles. The van der Waals surface area contributed by atoms with Crippen LogP contribution >= 0.6 is 0 Å². The third-order valence-corrected chi connectivity index (χ3v) is 3.38. The van der Waals surface area contributed by atoms with Crippen molar-refractivity contribution in [1.29, 1.82) is 0 Å². The van der Waals surface area contributed by atoms with Crippen molar-refractivity contribution in [3.05, 3.63) is 0 Å². The average Bonchev–Trinajstić information content (AvgIpc) is 2.20. The van der Waals surface area contributed by atoms with Gasteiger partial charge in [-0.05, 0) is 38.6 Å². The van der Waals surface area contributed by atoms with Gasteiger partial charge in [0.1, 0.15) is 0 Å². The Labute approximate surface area is 82.0 Å². The molecule has 3 atom stereocenters. The summed E-state index contributed by atoms with van der Waals surface area (Å²) >= 11 is 0. The van der Waals surface area contributed by atoms with Crippen LogP contribution in [0.4, 0.5) is 0 Å². The molecule has 2 heteroatoms. The van der Waals surface area contributed by atoms with E-state index in [4.69, 9.17) is 4.74 Å². The highest BCUT2D eigenvalue weighted by Crippen LogP contribution is 2.29. The molecule has 13 heavy (non-hydrogen) atoms. The van der Waals surface area contributed by atoms with Crippen LogP contribution in [0, 0.1) is 5.92 Å². The summed E-state index contributed by atoms with van der Waals surface area (Å²) in [6.45, 7) is 2.26. The van der Waals surface area contributed by atoms with Crippen molar-refractivity contribution in [2.24, 2.45) is 5.92 Å². The van der Waals surface area contributed by atoms with Crippen molar-refractivity contribution in [1.82, 2.24) is 5.32 Å². The summed E-state index contributed by atoms with van der Waals surface area (Å²) in [6.07, 6.45) is 6.96. The number of rotatable bonds is 4. The number of hydrogen-bond donors (Lipinski definition) is 1. The molecule has 0 bridgehead atoms. The second kappa shape index (κ2) is 5.61. The van der Waals surface area contributed by atoms with Gasteiger partial charge in [0.05, 0.1) is 6.10 Å². The van der Waals surface area contributed by atoms with Gasteiger partial charge in [-0.2, -0.15) is 0 Å². The molecule has 1 N–H and O–H groups in total. The molecule has 0 saturated heterocycles. The molecule has 0 amide bonds. The predicted molar refractivity (Wildman–Crippen MR) is 55.9 cm³/mol. The normalized spacial score (nSPS) is 31.6. The molecular weight excluding hydrogens is 162 g/mol. The molecule has 0 radical (unpaired) electrons. The Bertz CT molecular complexity index is 134. The van der Waals surface area contributed by atoms with E-state index in [9.17, 15) is 0 Å². The Hall–Kier alpha value is -0.0800. The fraction of sp³-hybridized carbons (Fsp3) is 1.00. The zero-order valence-corrected chi connectivity index (χ0v) is 9.18. The topological polar surface area (TPSA) is 21.3 Å². The van der Waals surface area contributed by atoms with Gasteiger partial charge in [0.15, 0.2) is 0 Å². The maximum Gasteiger partial charge on any atom is 0.0574 e. The highest BCUT2D eigenvalue weighted by molar-refractivity contribution is 4.81. The van der Waals surface area contributed by atoms with Gasteiger partial charge in [-0.1, -0.05) is 13.3 Å². The summed E-state index contributed by atoms with van der Waals surface area (Å²) in [6, 6.07) is 0.693. The van der Waals surface area contributed by atoms with Crippen molar-refractivity contribution < 1.29 is 4.74 Å². The van der Waals surface area contributed by atoms with E-state index in [1.807, 2.05) is 7.11 Å². The highest BCUT2D eigenvalue weighted by Gasteiger charge is 2.26. The quantitative estimate of drug-likeness (QED) is 0.725. The minimum Gasteiger partial charge on any atom is -0.381 e. The van der Waals surface area contributed by atoms with Crippen molar-refractivity contribution in [2.75, 3.05) is 14.2 Å². The Balaban J connectivity index is 2.40. The van der Waals surface area contributed by atoms with Gasteiger partial charge < -0.3 is 10.1 Å². The van der Waals surface area contributed by atoms with Crippen LogP contribution in [0.25, 0.3) is 0 Å². The molecule has 3 unspecified atom stereocenters. The summed E-state index contributed by atoms with van der Waals surface area (Å²) in [5, 5.41) is 3.41. The van der Waals surface area contributed by atoms with Gasteiger partial charge in [-0.25, -0.2) is 0 Å². The molecular formula is C11H23NO. The molecule has 1 rings (SSSR count). The highest BCUT2D eigenvalue weighted by atomic mass is 16.5. The smallest absolute Gasteiger partial charge is 0.0574 e. The van der Waals surface area contributed by atoms with Gasteiger partial charge in [-0.15, -0.1) is 0 Å². The Morgan fingerprint density at radius 2 is 2.23 bits per heavy atom. The monoisotopic (exact) mass is 185 g/mol. The van der Waals surface area contributed by atoms with E-state index in [0.29, 0.717) is 12.1 Å². The van der Waals surface area contributed by atoms with E-state index in [2.05, 4.69) is 19.3 Å². The minimum atomic E-state index is 0.515. The van der Waals surface area contributed by atoms with Gasteiger partial charge in [-0.3, -0.25) is 0 Å². The fourth-order valence-corrected chi connectivity index (χ4v) is 2.53. The number of ether oxygens (including phenoxy) is 1. The van der Waals surface area contributed by atoms with E-state index in [1.165, 1.54) is 32.1 Å². The molecule has 1 aliphatic rings. The Morgan fingerprint density at radius 1 is 1.46 bits per heavy atom. The van der Waals surface area contributed by atoms with E-state index >= 15 is 0 Å². The van der Waals surface area contributed by atoms with E-state index in [0.717, 1.165) is 5.92 Å². The maximum atomic E-state index is 5.43. The van der Waals surface area contributed by atoms with Crippen LogP contribution in [0.15, 0.2) is 0 Å². The molecule has 0 aromatic carbocycles. The van der Waals surface area contributed by atoms with Gasteiger partial charge in [0, 0.05) is 13.2 Å². The van der Waals surface area contributed by atoms with Crippen LogP contribution < -0.4 is 5.32 Å². The number of hydrogen-bond acceptors (Lipinski definition) is 2. The van der Waals surface area contributed by atoms with E-state index in [-0.39, 0.29) is 0 Å². The zero-order valence-electron chi connectivity index (χ0n) is 9.18. The molecule has 1 fully saturated rings. The van der Waals surface area contributed by atoms with Crippen LogP contribution in [0.2, 0.25) is 0 Å². The predicted octanol–water partition coefficient (Wildman–Crippen LogP) is 2.19. The Morgan fingerprint density at radius 3 is 2.77 bits per heavy atom. The second-order valence-corrected chi connectivity index (χ2v) is 4.09. The minimum absolute atomic E-state index is 0.515. The molecule has 0 aliphatic heterocycles. The summed E-state index contributed by atoms with van der Waals surface area (Å²) in [5.41, 5.74) is 0. The molecule has 1 saturated carbocycles. The van der Waals surface area contributed by atoms with Crippen molar-refractivity contribution in [2.45, 2.75) is 51.2 Å². The summed E-state index contributed by atoms with van der Waals surface area (Å²) in [4.78, 5) is 0. The standard InChI is InChI=1S/C11H23NO/c1-4-11(12-2)9-6-5-7-10(8-9)13-3/h9-12H,4-8H2,1-3H3. The van der Waals surface area contributed by atoms with Crippen LogP contribution in [0.3, 0.4) is 0 Å². The van der Waals surface area contributed by atoms with Gasteiger partial charge >= 0.3 is 0 Å². The van der Waals surface area contributed by atoms with E-state index in [1.54, 1.807) is 0 Å². The molecule has 0 heterocycles. The summed E-state index contributed by atoms with van der Waals surface area (Å²) < 4.78 is 5.43. The first kappa shape index (κ1) is 11.0. The lowest BCUT2D eigenvalue weighted by molar-refractivity contribution is 0.0423. The summed E-state index contributed by atoms with van der Waals surface area (Å²) in [7, 11) is 3.91. The van der Waals surface area contributed by atoms with Crippen molar-refractivity contribution >= 4 is 0 Å². The zero-order chi connectivity index (χ0) is 9.68. The fourth-order valence-electron chi connectivity index (χ4n) is 2.53. The SMILES string of the molecule is CCC(NC)C1CCCC(OC)C1. The lowest BCUT2D eigenvalue weighted by Gasteiger charge is -2.33. The molecule has 0 aromatic rings. The van der Waals surface area contributed by atoms with Gasteiger partial charge in [0.2, 0.25) is 0 Å². The molecule has 2 nitrogen and oxygen atoms in total. The first-order valence-corrected chi connectivity index (χ1v) is 5.51. The molecule has 0 aromatic heterocycles. The summed E-state index contributed by atoms with van der Waals surface area (Å²) in [5.74, 6) is 0.827. The molecule has 0 spiro atoms. The van der Waals surface area contributed by atoms with Crippen LogP contribution in [0.1, 0.15) is 39.0 Å². The van der Waals surface area contributed by atoms with Crippen molar-refractivity contribution in [3.8, 4) is 0 Å². The first-order valence-electron chi connectivity index (χ1n) is 5.51. The van der Waals surface area contributed by atoms with Crippen LogP contribution in [-0.4, -0.2) is 26.3 Å². The lowest BCUT2D eigenvalue weighted by Crippen LogP contribution is -2.37. The lowest BCUT2D eigenvalue weighted by atomic mass is 9.81. The van der Waals surface area contributed by atoms with Gasteiger partial charge in [0.25, 0.3) is 0 Å². The second-order valence-electron chi connectivity index (χ2n) is 4.09. The van der Waals surface area contributed by atoms with Crippen molar-refractivity contribution in [3.63, 3.8) is 0 Å². The van der Waals surface area contributed by atoms with E-state index < -0.39 is 0 Å². The van der Waals surface area contributed by atoms with Crippen LogP contribution in [0.5, 0.6) is 0 Å². The maximum absolute atomic E-state index is 5.43. The first-order chi connectivity index (χ1) is 6.31. The third kappa shape index (κ3) is 2.96. The largest absolute Gasteiger partial charge is 0.381 e. The van der Waals surface area contributed by atoms with Crippen LogP contribution in [-0.2, 0) is 4.74 Å². The number of nitrogens with one attached hydrogen (secondary N) is 1. The number of methoxy groups -OCH3 is 1.